The molecule has 0 aromatic heterocycles. The van der Waals surface area contributed by atoms with E-state index in [4.69, 9.17) is 9.47 Å². The average molecular weight is 547 g/mol. The van der Waals surface area contributed by atoms with Gasteiger partial charge in [-0.2, -0.15) is 0 Å². The van der Waals surface area contributed by atoms with E-state index in [-0.39, 0.29) is 24.1 Å². The summed E-state index contributed by atoms with van der Waals surface area (Å²) in [6.07, 6.45) is 9.47. The molecule has 2 rings (SSSR count). The Morgan fingerprint density at radius 2 is 1.03 bits per heavy atom. The minimum atomic E-state index is -0.234. The SMILES string of the molecule is CC(=O)OC(CCCCCC#CCSCC#CCCCCCC(OC(C)=O)c1ccccc1)c1ccccc1. The molecule has 0 amide bonds. The molecule has 0 heterocycles. The van der Waals surface area contributed by atoms with Crippen LogP contribution in [-0.4, -0.2) is 23.4 Å². The van der Waals surface area contributed by atoms with Gasteiger partial charge in [0.25, 0.3) is 0 Å². The molecule has 2 aromatic carbocycles. The Bertz CT molecular complexity index is 989. The smallest absolute Gasteiger partial charge is 0.303 e. The van der Waals surface area contributed by atoms with E-state index in [0.717, 1.165) is 86.8 Å². The van der Waals surface area contributed by atoms with E-state index < -0.39 is 0 Å². The second kappa shape index (κ2) is 20.8. The van der Waals surface area contributed by atoms with E-state index in [0.29, 0.717) is 0 Å². The third-order valence-corrected chi connectivity index (χ3v) is 6.79. The highest BCUT2D eigenvalue weighted by molar-refractivity contribution is 7.99. The van der Waals surface area contributed by atoms with Crippen molar-refractivity contribution in [2.24, 2.45) is 0 Å². The molecule has 0 aliphatic carbocycles. The average Bonchev–Trinajstić information content (AvgIpc) is 2.94. The van der Waals surface area contributed by atoms with Gasteiger partial charge in [-0.15, -0.1) is 23.6 Å². The topological polar surface area (TPSA) is 52.6 Å². The summed E-state index contributed by atoms with van der Waals surface area (Å²) < 4.78 is 11.0. The summed E-state index contributed by atoms with van der Waals surface area (Å²) in [5.41, 5.74) is 2.11. The van der Waals surface area contributed by atoms with Crippen molar-refractivity contribution in [3.05, 3.63) is 71.8 Å². The lowest BCUT2D eigenvalue weighted by Gasteiger charge is -2.17. The molecule has 2 aromatic rings. The molecule has 0 bridgehead atoms. The van der Waals surface area contributed by atoms with Gasteiger partial charge in [-0.05, 0) is 49.7 Å². The zero-order valence-electron chi connectivity index (χ0n) is 23.5. The van der Waals surface area contributed by atoms with Gasteiger partial charge in [-0.3, -0.25) is 9.59 Å². The lowest BCUT2D eigenvalue weighted by molar-refractivity contribution is -0.148. The first-order valence-electron chi connectivity index (χ1n) is 14.0. The van der Waals surface area contributed by atoms with Crippen LogP contribution in [0.25, 0.3) is 0 Å². The molecule has 2 atom stereocenters. The Balaban J connectivity index is 1.47. The molecule has 0 saturated carbocycles. The van der Waals surface area contributed by atoms with Crippen LogP contribution in [0.2, 0.25) is 0 Å². The Labute approximate surface area is 239 Å². The van der Waals surface area contributed by atoms with Gasteiger partial charge < -0.3 is 9.47 Å². The Morgan fingerprint density at radius 3 is 1.41 bits per heavy atom. The van der Waals surface area contributed by atoms with E-state index in [2.05, 4.69) is 23.7 Å². The molecule has 4 nitrogen and oxygen atoms in total. The monoisotopic (exact) mass is 546 g/mol. The van der Waals surface area contributed by atoms with Crippen LogP contribution in [0.15, 0.2) is 60.7 Å². The number of benzene rings is 2. The molecule has 208 valence electrons. The molecule has 0 aliphatic heterocycles. The highest BCUT2D eigenvalue weighted by Gasteiger charge is 2.14. The molecular formula is C34H42O4S. The van der Waals surface area contributed by atoms with Crippen molar-refractivity contribution in [3.63, 3.8) is 0 Å². The third kappa shape index (κ3) is 15.8. The fourth-order valence-electron chi connectivity index (χ4n) is 4.20. The van der Waals surface area contributed by atoms with Gasteiger partial charge in [0.05, 0.1) is 11.5 Å². The van der Waals surface area contributed by atoms with Gasteiger partial charge in [0.1, 0.15) is 12.2 Å². The summed E-state index contributed by atoms with van der Waals surface area (Å²) in [6.45, 7) is 2.93. The molecule has 0 saturated heterocycles. The highest BCUT2D eigenvalue weighted by Crippen LogP contribution is 2.25. The van der Waals surface area contributed by atoms with Gasteiger partial charge >= 0.3 is 11.9 Å². The fourth-order valence-corrected chi connectivity index (χ4v) is 4.71. The van der Waals surface area contributed by atoms with Crippen molar-refractivity contribution in [2.45, 2.75) is 90.3 Å². The number of ether oxygens (including phenoxy) is 2. The summed E-state index contributed by atoms with van der Waals surface area (Å²) in [4.78, 5) is 22.8. The molecule has 0 spiro atoms. The van der Waals surface area contributed by atoms with Gasteiger partial charge in [-0.25, -0.2) is 0 Å². The van der Waals surface area contributed by atoms with Crippen LogP contribution >= 0.6 is 11.8 Å². The summed E-state index contributed by atoms with van der Waals surface area (Å²) in [5.74, 6) is 14.1. The number of rotatable bonds is 16. The van der Waals surface area contributed by atoms with Gasteiger partial charge in [0, 0.05) is 26.7 Å². The zero-order chi connectivity index (χ0) is 28.0. The maximum atomic E-state index is 11.4. The number of hydrogen-bond acceptors (Lipinski definition) is 5. The normalized spacial score (nSPS) is 11.7. The quantitative estimate of drug-likeness (QED) is 0.121. The summed E-state index contributed by atoms with van der Waals surface area (Å²) >= 11 is 1.76. The van der Waals surface area contributed by atoms with E-state index >= 15 is 0 Å². The van der Waals surface area contributed by atoms with Crippen LogP contribution in [0.1, 0.15) is 101 Å². The minimum Gasteiger partial charge on any atom is -0.458 e. The molecule has 0 radical (unpaired) electrons. The molecule has 0 fully saturated rings. The van der Waals surface area contributed by atoms with Crippen LogP contribution < -0.4 is 0 Å². The molecule has 2 unspecified atom stereocenters. The third-order valence-electron chi connectivity index (χ3n) is 6.09. The van der Waals surface area contributed by atoms with Crippen LogP contribution in [0, 0.1) is 23.7 Å². The standard InChI is InChI=1S/C34H42O4S/c1-29(35)37-33(31-21-13-11-14-22-31)25-17-7-3-5-9-19-27-39-28-20-10-6-4-8-18-26-34(38-30(2)36)32-23-15-12-16-24-32/h11-16,21-24,33-34H,3-8,17-18,25-28H2,1-2H3. The summed E-state index contributed by atoms with van der Waals surface area (Å²) in [7, 11) is 0. The summed E-state index contributed by atoms with van der Waals surface area (Å²) in [6, 6.07) is 19.9. The number of carbonyl (C=O) groups is 2. The number of hydrogen-bond donors (Lipinski definition) is 0. The predicted octanol–water partition coefficient (Wildman–Crippen LogP) is 8.24. The maximum Gasteiger partial charge on any atom is 0.303 e. The van der Waals surface area contributed by atoms with Crippen LogP contribution in [-0.2, 0) is 19.1 Å². The number of carbonyl (C=O) groups excluding carboxylic acids is 2. The predicted molar refractivity (Wildman–Crippen MR) is 161 cm³/mol. The van der Waals surface area contributed by atoms with Crippen molar-refractivity contribution >= 4 is 23.7 Å². The number of esters is 2. The Kier molecular flexibility index (Phi) is 17.1. The van der Waals surface area contributed by atoms with Crippen molar-refractivity contribution in [1.29, 1.82) is 0 Å². The van der Waals surface area contributed by atoms with Crippen molar-refractivity contribution in [1.82, 2.24) is 0 Å². The first-order valence-corrected chi connectivity index (χ1v) is 15.1. The van der Waals surface area contributed by atoms with Crippen molar-refractivity contribution in [3.8, 4) is 23.7 Å². The second-order valence-electron chi connectivity index (χ2n) is 9.42. The molecule has 5 heteroatoms. The van der Waals surface area contributed by atoms with Crippen LogP contribution in [0.3, 0.4) is 0 Å². The van der Waals surface area contributed by atoms with Gasteiger partial charge in [0.15, 0.2) is 0 Å². The molecule has 0 N–H and O–H groups in total. The molecular weight excluding hydrogens is 504 g/mol. The first-order chi connectivity index (χ1) is 19.1. The Morgan fingerprint density at radius 1 is 0.615 bits per heavy atom. The maximum absolute atomic E-state index is 11.4. The van der Waals surface area contributed by atoms with E-state index in [1.54, 1.807) is 11.8 Å². The first kappa shape index (κ1) is 32.1. The van der Waals surface area contributed by atoms with Gasteiger partial charge in [0.2, 0.25) is 0 Å². The van der Waals surface area contributed by atoms with E-state index in [9.17, 15) is 9.59 Å². The molecule has 39 heavy (non-hydrogen) atoms. The highest BCUT2D eigenvalue weighted by atomic mass is 32.2. The van der Waals surface area contributed by atoms with Gasteiger partial charge in [-0.1, -0.05) is 85.3 Å². The molecule has 0 aliphatic rings. The number of unbranched alkanes of at least 4 members (excludes halogenated alkanes) is 6. The minimum absolute atomic E-state index is 0.161. The van der Waals surface area contributed by atoms with Crippen LogP contribution in [0.5, 0.6) is 0 Å². The zero-order valence-corrected chi connectivity index (χ0v) is 24.3. The second-order valence-corrected chi connectivity index (χ2v) is 10.4. The van der Waals surface area contributed by atoms with E-state index in [1.807, 2.05) is 60.7 Å². The lowest BCUT2D eigenvalue weighted by Crippen LogP contribution is -2.08. The number of thioether (sulfide) groups is 1. The van der Waals surface area contributed by atoms with Crippen molar-refractivity contribution in [2.75, 3.05) is 11.5 Å². The largest absolute Gasteiger partial charge is 0.458 e. The fraction of sp³-hybridized carbons (Fsp3) is 0.471. The lowest BCUT2D eigenvalue weighted by atomic mass is 10.0. The summed E-state index contributed by atoms with van der Waals surface area (Å²) in [5, 5.41) is 0. The van der Waals surface area contributed by atoms with Crippen LogP contribution in [0.4, 0.5) is 0 Å². The van der Waals surface area contributed by atoms with Crippen molar-refractivity contribution < 1.29 is 19.1 Å². The van der Waals surface area contributed by atoms with E-state index in [1.165, 1.54) is 13.8 Å². The Hall–Kier alpha value is -3.15.